The van der Waals surface area contributed by atoms with Crippen molar-refractivity contribution < 1.29 is 23.8 Å². The monoisotopic (exact) mass is 502 g/mol. The Morgan fingerprint density at radius 1 is 1.39 bits per heavy atom. The molecule has 0 bridgehead atoms. The molecule has 2 aliphatic rings. The summed E-state index contributed by atoms with van der Waals surface area (Å²) >= 11 is 11.9. The molecule has 2 aliphatic heterocycles. The fourth-order valence-corrected chi connectivity index (χ4v) is 5.90. The average Bonchev–Trinajstić information content (AvgIpc) is 3.20. The normalized spacial score (nSPS) is 30.5. The summed E-state index contributed by atoms with van der Waals surface area (Å²) in [4.78, 5) is 36.2. The summed E-state index contributed by atoms with van der Waals surface area (Å²) in [5.74, 6) is -0.124. The van der Waals surface area contributed by atoms with E-state index in [1.165, 1.54) is 16.3 Å². The molecule has 0 spiro atoms. The quantitative estimate of drug-likeness (QED) is 0.434. The average molecular weight is 503 g/mol. The van der Waals surface area contributed by atoms with Crippen LogP contribution in [0.5, 0.6) is 0 Å². The van der Waals surface area contributed by atoms with E-state index < -0.39 is 36.8 Å². The number of hydrogen-bond donors (Lipinski definition) is 3. The number of H-pyrrole nitrogens is 1. The Kier molecular flexibility index (Phi) is 5.36. The standard InChI is InChI=1S/C16H15ClN5O6PS2/c17-6-1-3-7(4-2-6)31-16-19-9-12(20-15(18)21-13(9)24)22(16)14-10(23)11-8(27-14)5-26-29(25,30)28-11/h1-4,8,10-11,14,23H,5H2,(H,25,30)(H3,18,20,21,24)/p-1. The minimum atomic E-state index is -3.72. The van der Waals surface area contributed by atoms with Crippen LogP contribution >= 0.6 is 30.1 Å². The summed E-state index contributed by atoms with van der Waals surface area (Å²) in [5, 5.41) is 11.8. The number of nitrogens with two attached hydrogens (primary N) is 1. The van der Waals surface area contributed by atoms with Crippen LogP contribution in [-0.4, -0.2) is 49.5 Å². The number of rotatable bonds is 3. The molecule has 4 N–H and O–H groups in total. The maximum Gasteiger partial charge on any atom is 0.280 e. The van der Waals surface area contributed by atoms with Crippen molar-refractivity contribution in [1.82, 2.24) is 19.5 Å². The molecule has 0 aliphatic carbocycles. The number of nitrogen functional groups attached to an aromatic ring is 1. The molecule has 0 saturated carbocycles. The van der Waals surface area contributed by atoms with Crippen molar-refractivity contribution >= 4 is 59.0 Å². The molecule has 2 fully saturated rings. The summed E-state index contributed by atoms with van der Waals surface area (Å²) in [6.45, 7) is -3.83. The number of nitrogens with one attached hydrogen (secondary N) is 1. The number of fused-ring (bicyclic) bond motifs is 2. The first kappa shape index (κ1) is 21.3. The first-order valence-electron chi connectivity index (χ1n) is 8.90. The van der Waals surface area contributed by atoms with Crippen LogP contribution in [0.1, 0.15) is 6.23 Å². The molecule has 0 radical (unpaired) electrons. The molecule has 31 heavy (non-hydrogen) atoms. The van der Waals surface area contributed by atoms with Gasteiger partial charge in [0.1, 0.15) is 25.0 Å². The number of benzene rings is 1. The predicted molar refractivity (Wildman–Crippen MR) is 113 cm³/mol. The van der Waals surface area contributed by atoms with Crippen molar-refractivity contribution in [1.29, 1.82) is 0 Å². The van der Waals surface area contributed by atoms with Crippen molar-refractivity contribution in [2.45, 2.75) is 34.6 Å². The summed E-state index contributed by atoms with van der Waals surface area (Å²) < 4.78 is 17.7. The van der Waals surface area contributed by atoms with Gasteiger partial charge in [-0.2, -0.15) is 4.98 Å². The summed E-state index contributed by atoms with van der Waals surface area (Å²) in [7, 11) is 0. The van der Waals surface area contributed by atoms with Crippen LogP contribution in [0.2, 0.25) is 5.02 Å². The predicted octanol–water partition coefficient (Wildman–Crippen LogP) is 0.765. The van der Waals surface area contributed by atoms with Gasteiger partial charge in [0.25, 0.3) is 5.56 Å². The Morgan fingerprint density at radius 2 is 2.13 bits per heavy atom. The van der Waals surface area contributed by atoms with E-state index in [4.69, 9.17) is 42.9 Å². The van der Waals surface area contributed by atoms with Crippen LogP contribution in [-0.2, 0) is 25.6 Å². The zero-order valence-corrected chi connectivity index (χ0v) is 18.7. The van der Waals surface area contributed by atoms with Crippen LogP contribution < -0.4 is 16.2 Å². The molecular formula is C16H14ClN5O6PS2-. The molecule has 5 unspecified atom stereocenters. The van der Waals surface area contributed by atoms with Crippen LogP contribution in [0, 0.1) is 0 Å². The minimum absolute atomic E-state index is 0.0162. The van der Waals surface area contributed by atoms with Crippen LogP contribution in [0.25, 0.3) is 11.2 Å². The van der Waals surface area contributed by atoms with Gasteiger partial charge in [-0.25, -0.2) is 4.98 Å². The van der Waals surface area contributed by atoms with Crippen molar-refractivity contribution in [2.24, 2.45) is 0 Å². The van der Waals surface area contributed by atoms with Crippen LogP contribution in [0.3, 0.4) is 0 Å². The van der Waals surface area contributed by atoms with Crippen molar-refractivity contribution in [3.63, 3.8) is 0 Å². The minimum Gasteiger partial charge on any atom is -0.780 e. The number of aliphatic hydroxyl groups is 1. The van der Waals surface area contributed by atoms with Gasteiger partial charge in [-0.1, -0.05) is 35.2 Å². The highest BCUT2D eigenvalue weighted by molar-refractivity contribution is 8.06. The lowest BCUT2D eigenvalue weighted by molar-refractivity contribution is -0.227. The van der Waals surface area contributed by atoms with Crippen LogP contribution in [0.4, 0.5) is 5.95 Å². The fraction of sp³-hybridized carbons (Fsp3) is 0.312. The van der Waals surface area contributed by atoms with E-state index in [1.54, 1.807) is 24.3 Å². The SMILES string of the molecule is Nc1nc2c(nc(Sc3ccc(Cl)cc3)n2C2OC3COP([O-])(=S)OC3C2O)c(=O)[nH]1. The molecule has 2 aromatic heterocycles. The van der Waals surface area contributed by atoms with Gasteiger partial charge in [0, 0.05) is 9.92 Å². The van der Waals surface area contributed by atoms with Gasteiger partial charge in [0.15, 0.2) is 22.5 Å². The van der Waals surface area contributed by atoms with E-state index >= 15 is 0 Å². The Hall–Kier alpha value is -1.54. The number of ether oxygens (including phenoxy) is 1. The molecule has 15 heteroatoms. The van der Waals surface area contributed by atoms with Crippen molar-refractivity contribution in [3.8, 4) is 0 Å². The third-order valence-corrected chi connectivity index (χ3v) is 7.54. The summed E-state index contributed by atoms with van der Waals surface area (Å²) in [5.41, 5.74) is 5.32. The second-order valence-electron chi connectivity index (χ2n) is 6.81. The van der Waals surface area contributed by atoms with Gasteiger partial charge in [-0.15, -0.1) is 0 Å². The lowest BCUT2D eigenvalue weighted by Crippen LogP contribution is -2.41. The zero-order chi connectivity index (χ0) is 21.9. The Bertz CT molecular complexity index is 1270. The van der Waals surface area contributed by atoms with Crippen molar-refractivity contribution in [2.75, 3.05) is 12.3 Å². The maximum absolute atomic E-state index is 12.4. The van der Waals surface area contributed by atoms with E-state index in [1.807, 2.05) is 0 Å². The largest absolute Gasteiger partial charge is 0.780 e. The smallest absolute Gasteiger partial charge is 0.280 e. The summed E-state index contributed by atoms with van der Waals surface area (Å²) in [6, 6.07) is 6.97. The van der Waals surface area contributed by atoms with E-state index in [0.29, 0.717) is 10.2 Å². The molecule has 11 nitrogen and oxygen atoms in total. The fourth-order valence-electron chi connectivity index (χ4n) is 3.43. The number of aromatic amines is 1. The highest BCUT2D eigenvalue weighted by atomic mass is 35.5. The van der Waals surface area contributed by atoms with Gasteiger partial charge in [-0.05, 0) is 24.3 Å². The molecule has 0 amide bonds. The molecule has 5 atom stereocenters. The number of aliphatic hydroxyl groups excluding tert-OH is 1. The molecule has 5 rings (SSSR count). The Balaban J connectivity index is 1.62. The number of imidazole rings is 1. The summed E-state index contributed by atoms with van der Waals surface area (Å²) in [6.07, 6.45) is -4.06. The van der Waals surface area contributed by atoms with Gasteiger partial charge in [0.2, 0.25) is 5.95 Å². The van der Waals surface area contributed by atoms with E-state index in [0.717, 1.165) is 4.90 Å². The molecular weight excluding hydrogens is 489 g/mol. The first-order chi connectivity index (χ1) is 14.7. The zero-order valence-electron chi connectivity index (χ0n) is 15.4. The second-order valence-corrected chi connectivity index (χ2v) is 11.0. The van der Waals surface area contributed by atoms with Crippen molar-refractivity contribution in [3.05, 3.63) is 39.6 Å². The molecule has 4 heterocycles. The van der Waals surface area contributed by atoms with E-state index in [-0.39, 0.29) is 23.7 Å². The topological polar surface area (TPSA) is 161 Å². The highest BCUT2D eigenvalue weighted by Crippen LogP contribution is 2.50. The van der Waals surface area contributed by atoms with Crippen LogP contribution in [0.15, 0.2) is 39.1 Å². The number of aromatic nitrogens is 4. The Morgan fingerprint density at radius 3 is 2.87 bits per heavy atom. The molecule has 3 aromatic rings. The van der Waals surface area contributed by atoms with Gasteiger partial charge >= 0.3 is 0 Å². The highest BCUT2D eigenvalue weighted by Gasteiger charge is 2.50. The van der Waals surface area contributed by atoms with Gasteiger partial charge in [0.05, 0.1) is 6.61 Å². The number of nitrogens with zero attached hydrogens (tertiary/aromatic N) is 3. The third kappa shape index (κ3) is 3.90. The molecule has 164 valence electrons. The number of anilines is 1. The van der Waals surface area contributed by atoms with E-state index in [9.17, 15) is 14.8 Å². The number of hydrogen-bond acceptors (Lipinski definition) is 11. The first-order valence-corrected chi connectivity index (χ1v) is 12.7. The third-order valence-electron chi connectivity index (χ3n) is 4.77. The van der Waals surface area contributed by atoms with Gasteiger partial charge in [-0.3, -0.25) is 14.3 Å². The molecule has 1 aromatic carbocycles. The van der Waals surface area contributed by atoms with Gasteiger partial charge < -0.3 is 29.5 Å². The lowest BCUT2D eigenvalue weighted by atomic mass is 10.1. The Labute approximate surface area is 188 Å². The second kappa shape index (κ2) is 7.80. The van der Waals surface area contributed by atoms with E-state index in [2.05, 4.69) is 15.0 Å². The lowest BCUT2D eigenvalue weighted by Gasteiger charge is -2.38. The molecule has 2 saturated heterocycles. The maximum atomic E-state index is 12.4. The number of halogens is 1.